The summed E-state index contributed by atoms with van der Waals surface area (Å²) in [5.74, 6) is 0.221. The normalized spacial score (nSPS) is 12.1. The van der Waals surface area contributed by atoms with Crippen LogP contribution in [0.2, 0.25) is 0 Å². The number of aliphatic hydroxyl groups excluding tert-OH is 1. The number of aliphatic hydroxyl groups is 1. The SMILES string of the molecule is CCOC(=O)c1sc2ncn(CC(O)COc3cccc(CC)c3)c(=O)c2c1C. The second-order valence-corrected chi connectivity index (χ2v) is 7.62. The average molecular weight is 416 g/mol. The lowest BCUT2D eigenvalue weighted by molar-refractivity contribution is 0.0531. The molecule has 0 fully saturated rings. The predicted octanol–water partition coefficient (Wildman–Crippen LogP) is 2.95. The van der Waals surface area contributed by atoms with Crippen LogP contribution in [-0.4, -0.2) is 39.9 Å². The molecule has 7 nitrogen and oxygen atoms in total. The number of fused-ring (bicyclic) bond motifs is 1. The van der Waals surface area contributed by atoms with Crippen molar-refractivity contribution in [3.05, 3.63) is 57.0 Å². The molecular weight excluding hydrogens is 392 g/mol. The minimum atomic E-state index is -0.888. The van der Waals surface area contributed by atoms with Gasteiger partial charge in [-0.25, -0.2) is 9.78 Å². The van der Waals surface area contributed by atoms with Gasteiger partial charge in [0.15, 0.2) is 0 Å². The third-order valence-corrected chi connectivity index (χ3v) is 5.71. The molecule has 1 atom stereocenters. The Labute approximate surface area is 172 Å². The molecule has 1 aromatic carbocycles. The van der Waals surface area contributed by atoms with Crippen LogP contribution in [0.25, 0.3) is 10.2 Å². The first kappa shape index (κ1) is 21.0. The van der Waals surface area contributed by atoms with Gasteiger partial charge in [0.1, 0.15) is 28.2 Å². The molecule has 3 aromatic rings. The fourth-order valence-corrected chi connectivity index (χ4v) is 4.04. The van der Waals surface area contributed by atoms with E-state index >= 15 is 0 Å². The molecule has 0 saturated heterocycles. The van der Waals surface area contributed by atoms with E-state index in [-0.39, 0.29) is 25.3 Å². The molecule has 1 unspecified atom stereocenters. The highest BCUT2D eigenvalue weighted by Gasteiger charge is 2.21. The molecular formula is C21H24N2O5S. The van der Waals surface area contributed by atoms with E-state index in [0.29, 0.717) is 26.4 Å². The average Bonchev–Trinajstić information content (AvgIpc) is 3.06. The van der Waals surface area contributed by atoms with Crippen LogP contribution in [0.3, 0.4) is 0 Å². The van der Waals surface area contributed by atoms with E-state index in [2.05, 4.69) is 11.9 Å². The highest BCUT2D eigenvalue weighted by Crippen LogP contribution is 2.27. The fourth-order valence-electron chi connectivity index (χ4n) is 3.01. The molecule has 154 valence electrons. The number of aryl methyl sites for hydroxylation is 2. The molecule has 2 heterocycles. The third-order valence-electron chi connectivity index (χ3n) is 4.53. The molecule has 0 bridgehead atoms. The number of thiophene rings is 1. The largest absolute Gasteiger partial charge is 0.491 e. The van der Waals surface area contributed by atoms with Gasteiger partial charge < -0.3 is 14.6 Å². The molecule has 0 aliphatic carbocycles. The quantitative estimate of drug-likeness (QED) is 0.568. The van der Waals surface area contributed by atoms with E-state index in [1.807, 2.05) is 24.3 Å². The second-order valence-electron chi connectivity index (χ2n) is 6.62. The van der Waals surface area contributed by atoms with Crippen molar-refractivity contribution in [2.45, 2.75) is 39.8 Å². The smallest absolute Gasteiger partial charge is 0.348 e. The first-order valence-corrected chi connectivity index (χ1v) is 10.3. The van der Waals surface area contributed by atoms with Crippen LogP contribution < -0.4 is 10.3 Å². The Hall–Kier alpha value is -2.71. The Kier molecular flexibility index (Phi) is 6.66. The van der Waals surface area contributed by atoms with Crippen molar-refractivity contribution in [2.24, 2.45) is 0 Å². The van der Waals surface area contributed by atoms with Gasteiger partial charge >= 0.3 is 5.97 Å². The standard InChI is InChI=1S/C21H24N2O5S/c1-4-14-7-6-8-16(9-14)28-11-15(24)10-23-12-22-19-17(20(23)25)13(3)18(29-19)21(26)27-5-2/h6-9,12,15,24H,4-5,10-11H2,1-3H3. The Morgan fingerprint density at radius 3 is 2.86 bits per heavy atom. The van der Waals surface area contributed by atoms with Crippen molar-refractivity contribution in [3.63, 3.8) is 0 Å². The van der Waals surface area contributed by atoms with Gasteiger partial charge in [-0.15, -0.1) is 11.3 Å². The molecule has 0 saturated carbocycles. The molecule has 0 amide bonds. The summed E-state index contributed by atoms with van der Waals surface area (Å²) in [6.45, 7) is 5.85. The number of rotatable bonds is 8. The highest BCUT2D eigenvalue weighted by atomic mass is 32.1. The zero-order valence-electron chi connectivity index (χ0n) is 16.7. The number of nitrogens with zero attached hydrogens (tertiary/aromatic N) is 2. The number of ether oxygens (including phenoxy) is 2. The first-order valence-electron chi connectivity index (χ1n) is 9.50. The van der Waals surface area contributed by atoms with Gasteiger partial charge in [0.25, 0.3) is 5.56 Å². The Bertz CT molecular complexity index is 1070. The molecule has 0 radical (unpaired) electrons. The predicted molar refractivity (Wildman–Crippen MR) is 112 cm³/mol. The van der Waals surface area contributed by atoms with Crippen molar-refractivity contribution in [3.8, 4) is 5.75 Å². The topological polar surface area (TPSA) is 90.7 Å². The molecule has 0 aliphatic rings. The van der Waals surface area contributed by atoms with Gasteiger partial charge in [-0.1, -0.05) is 19.1 Å². The summed E-state index contributed by atoms with van der Waals surface area (Å²) in [5, 5.41) is 10.7. The van der Waals surface area contributed by atoms with E-state index in [4.69, 9.17) is 9.47 Å². The van der Waals surface area contributed by atoms with Gasteiger partial charge in [-0.3, -0.25) is 9.36 Å². The Balaban J connectivity index is 1.75. The van der Waals surface area contributed by atoms with Gasteiger partial charge in [-0.2, -0.15) is 0 Å². The number of carbonyl (C=O) groups excluding carboxylic acids is 1. The molecule has 1 N–H and O–H groups in total. The maximum absolute atomic E-state index is 12.9. The van der Waals surface area contributed by atoms with E-state index in [0.717, 1.165) is 23.3 Å². The van der Waals surface area contributed by atoms with Crippen LogP contribution in [-0.2, 0) is 17.7 Å². The van der Waals surface area contributed by atoms with Crippen LogP contribution in [0.4, 0.5) is 0 Å². The monoisotopic (exact) mass is 416 g/mol. The highest BCUT2D eigenvalue weighted by molar-refractivity contribution is 7.20. The molecule has 2 aromatic heterocycles. The fraction of sp³-hybridized carbons (Fsp3) is 0.381. The summed E-state index contributed by atoms with van der Waals surface area (Å²) in [5.41, 5.74) is 1.40. The number of benzene rings is 1. The summed E-state index contributed by atoms with van der Waals surface area (Å²) >= 11 is 1.14. The lowest BCUT2D eigenvalue weighted by atomic mass is 10.2. The number of esters is 1. The van der Waals surface area contributed by atoms with Gasteiger partial charge in [0, 0.05) is 0 Å². The summed E-state index contributed by atoms with van der Waals surface area (Å²) in [7, 11) is 0. The van der Waals surface area contributed by atoms with E-state index in [1.165, 1.54) is 10.9 Å². The molecule has 3 rings (SSSR count). The molecule has 0 spiro atoms. The first-order chi connectivity index (χ1) is 13.9. The van der Waals surface area contributed by atoms with Crippen molar-refractivity contribution >= 4 is 27.5 Å². The lowest BCUT2D eigenvalue weighted by Gasteiger charge is -2.14. The van der Waals surface area contributed by atoms with Gasteiger partial charge in [0.2, 0.25) is 0 Å². The zero-order valence-corrected chi connectivity index (χ0v) is 17.5. The van der Waals surface area contributed by atoms with E-state index < -0.39 is 12.1 Å². The van der Waals surface area contributed by atoms with Crippen molar-refractivity contribution in [1.82, 2.24) is 9.55 Å². The van der Waals surface area contributed by atoms with Crippen LogP contribution in [0, 0.1) is 6.92 Å². The maximum atomic E-state index is 12.9. The van der Waals surface area contributed by atoms with Crippen LogP contribution in [0.15, 0.2) is 35.4 Å². The van der Waals surface area contributed by atoms with Crippen LogP contribution in [0.5, 0.6) is 5.75 Å². The molecule has 0 aliphatic heterocycles. The van der Waals surface area contributed by atoms with Crippen molar-refractivity contribution in [2.75, 3.05) is 13.2 Å². The van der Waals surface area contributed by atoms with E-state index in [1.54, 1.807) is 13.8 Å². The number of hydrogen-bond acceptors (Lipinski definition) is 7. The minimum absolute atomic E-state index is 0.0409. The minimum Gasteiger partial charge on any atom is -0.491 e. The van der Waals surface area contributed by atoms with Gasteiger partial charge in [-0.05, 0) is 43.5 Å². The van der Waals surface area contributed by atoms with E-state index in [9.17, 15) is 14.7 Å². The number of carbonyl (C=O) groups is 1. The van der Waals surface area contributed by atoms with Gasteiger partial charge in [0.05, 0.1) is 24.9 Å². The lowest BCUT2D eigenvalue weighted by Crippen LogP contribution is -2.30. The second kappa shape index (κ2) is 9.19. The molecule has 8 heteroatoms. The third kappa shape index (κ3) is 4.65. The van der Waals surface area contributed by atoms with Crippen molar-refractivity contribution < 1.29 is 19.4 Å². The van der Waals surface area contributed by atoms with Crippen LogP contribution >= 0.6 is 11.3 Å². The summed E-state index contributed by atoms with van der Waals surface area (Å²) < 4.78 is 12.0. The summed E-state index contributed by atoms with van der Waals surface area (Å²) in [4.78, 5) is 30.1. The number of aromatic nitrogens is 2. The van der Waals surface area contributed by atoms with Crippen LogP contribution in [0.1, 0.15) is 34.6 Å². The Morgan fingerprint density at radius 1 is 1.34 bits per heavy atom. The summed E-state index contributed by atoms with van der Waals surface area (Å²) in [6.07, 6.45) is 1.39. The summed E-state index contributed by atoms with van der Waals surface area (Å²) in [6, 6.07) is 7.68. The van der Waals surface area contributed by atoms with Crippen molar-refractivity contribution in [1.29, 1.82) is 0 Å². The Morgan fingerprint density at radius 2 is 2.14 bits per heavy atom. The zero-order chi connectivity index (χ0) is 21.0. The number of hydrogen-bond donors (Lipinski definition) is 1. The maximum Gasteiger partial charge on any atom is 0.348 e. The molecule has 29 heavy (non-hydrogen) atoms.